The van der Waals surface area contributed by atoms with Crippen LogP contribution < -0.4 is 5.32 Å². The van der Waals surface area contributed by atoms with Gasteiger partial charge in [-0.15, -0.1) is 0 Å². The predicted molar refractivity (Wildman–Crippen MR) is 127 cm³/mol. The summed E-state index contributed by atoms with van der Waals surface area (Å²) in [6, 6.07) is 6.44. The topological polar surface area (TPSA) is 92.7 Å². The van der Waals surface area contributed by atoms with E-state index < -0.39 is 0 Å². The van der Waals surface area contributed by atoms with E-state index in [2.05, 4.69) is 20.6 Å². The van der Waals surface area contributed by atoms with Crippen LogP contribution in [0.5, 0.6) is 0 Å². The van der Waals surface area contributed by atoms with Gasteiger partial charge in [0.25, 0.3) is 5.91 Å². The van der Waals surface area contributed by atoms with Crippen molar-refractivity contribution in [2.75, 3.05) is 12.3 Å². The van der Waals surface area contributed by atoms with Crippen LogP contribution in [0.3, 0.4) is 0 Å². The average Bonchev–Trinajstić information content (AvgIpc) is 3.41. The monoisotopic (exact) mass is 469 g/mol. The van der Waals surface area contributed by atoms with Crippen LogP contribution in [0.25, 0.3) is 11.3 Å². The van der Waals surface area contributed by atoms with Crippen molar-refractivity contribution in [3.63, 3.8) is 0 Å². The summed E-state index contributed by atoms with van der Waals surface area (Å²) >= 11 is 1.37. The van der Waals surface area contributed by atoms with Crippen molar-refractivity contribution in [1.29, 1.82) is 0 Å². The maximum absolute atomic E-state index is 13.2. The molecule has 174 valence electrons. The molecule has 33 heavy (non-hydrogen) atoms. The zero-order valence-corrected chi connectivity index (χ0v) is 19.5. The highest BCUT2D eigenvalue weighted by Gasteiger charge is 2.27. The van der Waals surface area contributed by atoms with Crippen molar-refractivity contribution in [1.82, 2.24) is 25.3 Å². The van der Waals surface area contributed by atoms with E-state index in [1.807, 2.05) is 4.68 Å². The van der Waals surface area contributed by atoms with Gasteiger partial charge in [0, 0.05) is 36.0 Å². The highest BCUT2D eigenvalue weighted by molar-refractivity contribution is 8.13. The number of carbonyl (C=O) groups excluding carboxylic acids is 2. The fraction of sp³-hybridized carbons (Fsp3) is 0.417. The van der Waals surface area contributed by atoms with Gasteiger partial charge in [0.2, 0.25) is 0 Å². The fourth-order valence-electron chi connectivity index (χ4n) is 4.13. The third kappa shape index (κ3) is 5.71. The lowest BCUT2D eigenvalue weighted by Gasteiger charge is -2.15. The largest absolute Gasteiger partial charge is 0.351 e. The second-order valence-electron chi connectivity index (χ2n) is 8.22. The first-order valence-corrected chi connectivity index (χ1v) is 12.3. The molecule has 0 aliphatic heterocycles. The van der Waals surface area contributed by atoms with Gasteiger partial charge in [0.15, 0.2) is 10.8 Å². The molecule has 0 fully saturated rings. The van der Waals surface area contributed by atoms with E-state index in [1.54, 1.807) is 25.3 Å². The van der Waals surface area contributed by atoms with Crippen molar-refractivity contribution in [2.45, 2.75) is 52.0 Å². The van der Waals surface area contributed by atoms with E-state index >= 15 is 0 Å². The standard InChI is InChI=1S/C24H28FN5O2S/c1-16(31)33-13-5-3-2-4-12-26-24(32)23-19-10-11-21-20(22(19)28-29-23)14-27-30(21)15-17-6-8-18(25)9-7-17/h6-9,14H,2-5,10-13,15H2,1H3,(H,26,32)(H,28,29). The quantitative estimate of drug-likeness (QED) is 0.436. The smallest absolute Gasteiger partial charge is 0.272 e. The maximum atomic E-state index is 13.2. The molecule has 1 aliphatic rings. The average molecular weight is 470 g/mol. The molecule has 1 amide bonds. The molecule has 2 aromatic heterocycles. The number of nitrogens with one attached hydrogen (secondary N) is 2. The van der Waals surface area contributed by atoms with Crippen LogP contribution in [0.15, 0.2) is 30.5 Å². The van der Waals surface area contributed by atoms with Crippen molar-refractivity contribution < 1.29 is 14.0 Å². The number of aromatic amines is 1. The highest BCUT2D eigenvalue weighted by Crippen LogP contribution is 2.33. The number of halogens is 1. The number of aromatic nitrogens is 4. The van der Waals surface area contributed by atoms with Crippen molar-refractivity contribution in [3.05, 3.63) is 58.8 Å². The summed E-state index contributed by atoms with van der Waals surface area (Å²) in [7, 11) is 0. The van der Waals surface area contributed by atoms with Gasteiger partial charge in [-0.1, -0.05) is 36.7 Å². The van der Waals surface area contributed by atoms with Crippen LogP contribution in [0.2, 0.25) is 0 Å². The summed E-state index contributed by atoms with van der Waals surface area (Å²) in [5.41, 5.74) is 5.28. The van der Waals surface area contributed by atoms with Gasteiger partial charge >= 0.3 is 0 Å². The van der Waals surface area contributed by atoms with Crippen molar-refractivity contribution in [3.8, 4) is 11.3 Å². The molecule has 9 heteroatoms. The number of rotatable bonds is 10. The molecule has 2 heterocycles. The van der Waals surface area contributed by atoms with Crippen LogP contribution in [0, 0.1) is 5.82 Å². The lowest BCUT2D eigenvalue weighted by atomic mass is 9.93. The van der Waals surface area contributed by atoms with Gasteiger partial charge in [0.1, 0.15) is 5.82 Å². The number of benzene rings is 1. The second kappa shape index (κ2) is 10.8. The van der Waals surface area contributed by atoms with Gasteiger partial charge in [-0.25, -0.2) is 4.39 Å². The normalized spacial score (nSPS) is 12.3. The van der Waals surface area contributed by atoms with Crippen molar-refractivity contribution >= 4 is 22.8 Å². The zero-order chi connectivity index (χ0) is 23.2. The molecule has 0 saturated carbocycles. The van der Waals surface area contributed by atoms with E-state index in [0.717, 1.165) is 65.9 Å². The third-order valence-electron chi connectivity index (χ3n) is 5.82. The Bertz CT molecular complexity index is 1120. The first-order chi connectivity index (χ1) is 16.0. The summed E-state index contributed by atoms with van der Waals surface area (Å²) in [5.74, 6) is 0.462. The fourth-order valence-corrected chi connectivity index (χ4v) is 4.76. The molecule has 4 rings (SSSR count). The molecular formula is C24H28FN5O2S. The van der Waals surface area contributed by atoms with Gasteiger partial charge in [-0.3, -0.25) is 19.4 Å². The number of nitrogens with zero attached hydrogens (tertiary/aromatic N) is 3. The number of hydrogen-bond acceptors (Lipinski definition) is 5. The molecule has 2 N–H and O–H groups in total. The number of hydrogen-bond donors (Lipinski definition) is 2. The number of H-pyrrole nitrogens is 1. The Labute approximate surface area is 196 Å². The molecule has 0 atom stereocenters. The van der Waals surface area contributed by atoms with Gasteiger partial charge in [0.05, 0.1) is 18.4 Å². The number of unbranched alkanes of at least 4 members (excludes halogenated alkanes) is 3. The Morgan fingerprint density at radius 3 is 2.73 bits per heavy atom. The second-order valence-corrected chi connectivity index (χ2v) is 9.50. The van der Waals surface area contributed by atoms with Crippen LogP contribution in [0.4, 0.5) is 4.39 Å². The molecular weight excluding hydrogens is 441 g/mol. The number of thioether (sulfide) groups is 1. The Morgan fingerprint density at radius 1 is 1.15 bits per heavy atom. The van der Waals surface area contributed by atoms with E-state index in [0.29, 0.717) is 25.2 Å². The molecule has 0 radical (unpaired) electrons. The molecule has 1 aliphatic carbocycles. The molecule has 1 aromatic carbocycles. The summed E-state index contributed by atoms with van der Waals surface area (Å²) in [6.45, 7) is 2.77. The molecule has 0 unspecified atom stereocenters. The Morgan fingerprint density at radius 2 is 1.94 bits per heavy atom. The SMILES string of the molecule is CC(=O)SCCCCCCNC(=O)c1n[nH]c2c1CCc1c-2cnn1Cc1ccc(F)cc1. The zero-order valence-electron chi connectivity index (χ0n) is 18.7. The lowest BCUT2D eigenvalue weighted by molar-refractivity contribution is -0.109. The van der Waals surface area contributed by atoms with Crippen molar-refractivity contribution in [2.24, 2.45) is 0 Å². The van der Waals surface area contributed by atoms with E-state index in [1.165, 1.54) is 23.9 Å². The summed E-state index contributed by atoms with van der Waals surface area (Å²) in [5, 5.41) is 15.0. The van der Waals surface area contributed by atoms with Gasteiger partial charge in [-0.05, 0) is 43.4 Å². The number of amides is 1. The molecule has 3 aromatic rings. The van der Waals surface area contributed by atoms with Crippen LogP contribution >= 0.6 is 11.8 Å². The predicted octanol–water partition coefficient (Wildman–Crippen LogP) is 4.13. The minimum absolute atomic E-state index is 0.151. The van der Waals surface area contributed by atoms with E-state index in [4.69, 9.17) is 0 Å². The highest BCUT2D eigenvalue weighted by atomic mass is 32.2. The summed E-state index contributed by atoms with van der Waals surface area (Å²) in [6.07, 6.45) is 7.28. The number of fused-ring (bicyclic) bond motifs is 3. The van der Waals surface area contributed by atoms with E-state index in [9.17, 15) is 14.0 Å². The van der Waals surface area contributed by atoms with Gasteiger partial charge in [-0.2, -0.15) is 10.2 Å². The Kier molecular flexibility index (Phi) is 7.59. The molecule has 7 nitrogen and oxygen atoms in total. The van der Waals surface area contributed by atoms with Crippen LogP contribution in [-0.4, -0.2) is 43.3 Å². The molecule has 0 bridgehead atoms. The summed E-state index contributed by atoms with van der Waals surface area (Å²) < 4.78 is 15.1. The van der Waals surface area contributed by atoms with E-state index in [-0.39, 0.29) is 16.8 Å². The summed E-state index contributed by atoms with van der Waals surface area (Å²) in [4.78, 5) is 23.6. The first-order valence-electron chi connectivity index (χ1n) is 11.3. The molecule has 0 saturated heterocycles. The minimum Gasteiger partial charge on any atom is -0.351 e. The minimum atomic E-state index is -0.252. The lowest BCUT2D eigenvalue weighted by Crippen LogP contribution is -2.26. The van der Waals surface area contributed by atoms with Gasteiger partial charge < -0.3 is 5.32 Å². The van der Waals surface area contributed by atoms with Crippen LogP contribution in [0.1, 0.15) is 59.9 Å². The number of carbonyl (C=O) groups is 2. The van der Waals surface area contributed by atoms with Crippen LogP contribution in [-0.2, 0) is 24.2 Å². The molecule has 0 spiro atoms. The first kappa shape index (κ1) is 23.2. The third-order valence-corrected chi connectivity index (χ3v) is 6.72. The Balaban J connectivity index is 1.32. The maximum Gasteiger partial charge on any atom is 0.272 e. The Hall–Kier alpha value is -2.94.